The number of fused-ring (bicyclic) bond motifs is 1. The van der Waals surface area contributed by atoms with Crippen molar-refractivity contribution in [2.45, 2.75) is 25.3 Å². The number of hydrogen-bond donors (Lipinski definition) is 1. The molecule has 0 amide bonds. The second kappa shape index (κ2) is 7.10. The fourth-order valence-corrected chi connectivity index (χ4v) is 3.54. The molecular formula is C22H21N3O. The Bertz CT molecular complexity index is 1010. The van der Waals surface area contributed by atoms with Crippen LogP contribution in [0.5, 0.6) is 0 Å². The molecule has 4 rings (SSSR count). The number of hydrogen-bond acceptors (Lipinski definition) is 4. The van der Waals surface area contributed by atoms with E-state index in [1.807, 2.05) is 60.8 Å². The Kier molecular flexibility index (Phi) is 4.50. The first-order valence-corrected chi connectivity index (χ1v) is 8.89. The Morgan fingerprint density at radius 3 is 2.54 bits per heavy atom. The van der Waals surface area contributed by atoms with Crippen molar-refractivity contribution in [2.24, 2.45) is 5.73 Å². The van der Waals surface area contributed by atoms with Crippen LogP contribution in [0.4, 0.5) is 0 Å². The van der Waals surface area contributed by atoms with Crippen LogP contribution in [0.1, 0.15) is 36.6 Å². The fraction of sp³-hybridized carbons (Fsp3) is 0.182. The van der Waals surface area contributed by atoms with E-state index in [1.165, 1.54) is 0 Å². The number of benzene rings is 2. The van der Waals surface area contributed by atoms with Crippen molar-refractivity contribution in [2.75, 3.05) is 0 Å². The molecule has 4 aromatic rings. The molecule has 0 saturated heterocycles. The summed E-state index contributed by atoms with van der Waals surface area (Å²) in [7, 11) is 0. The van der Waals surface area contributed by atoms with Gasteiger partial charge in [0, 0.05) is 34.8 Å². The van der Waals surface area contributed by atoms with Crippen LogP contribution in [0.2, 0.25) is 0 Å². The molecule has 0 saturated carbocycles. The summed E-state index contributed by atoms with van der Waals surface area (Å²) in [5, 5.41) is 5.32. The van der Waals surface area contributed by atoms with Gasteiger partial charge in [0.05, 0.1) is 0 Å². The summed E-state index contributed by atoms with van der Waals surface area (Å²) in [6.07, 6.45) is 2.73. The van der Waals surface area contributed by atoms with Gasteiger partial charge in [-0.3, -0.25) is 4.98 Å². The Balaban J connectivity index is 1.81. The molecule has 0 aliphatic carbocycles. The summed E-state index contributed by atoms with van der Waals surface area (Å²) in [5.41, 5.74) is 11.4. The number of aromatic nitrogens is 2. The minimum Gasteiger partial charge on any atom is -0.356 e. The molecule has 0 unspecified atom stereocenters. The maximum Gasteiger partial charge on any atom is 0.167 e. The van der Waals surface area contributed by atoms with Crippen LogP contribution in [0.25, 0.3) is 22.2 Å². The van der Waals surface area contributed by atoms with Gasteiger partial charge in [-0.2, -0.15) is 0 Å². The molecule has 4 heteroatoms. The van der Waals surface area contributed by atoms with Gasteiger partial charge in [0.2, 0.25) is 0 Å². The molecule has 0 spiro atoms. The molecule has 2 aromatic heterocycles. The van der Waals surface area contributed by atoms with E-state index in [1.54, 1.807) is 0 Å². The molecule has 0 radical (unpaired) electrons. The Morgan fingerprint density at radius 2 is 1.73 bits per heavy atom. The van der Waals surface area contributed by atoms with E-state index in [4.69, 9.17) is 10.3 Å². The smallest absolute Gasteiger partial charge is 0.167 e. The molecule has 130 valence electrons. The van der Waals surface area contributed by atoms with Crippen LogP contribution < -0.4 is 5.73 Å². The highest BCUT2D eigenvalue weighted by atomic mass is 16.5. The van der Waals surface area contributed by atoms with Crippen LogP contribution in [-0.4, -0.2) is 10.1 Å². The van der Waals surface area contributed by atoms with Crippen molar-refractivity contribution in [3.05, 3.63) is 84.2 Å². The molecule has 2 heterocycles. The van der Waals surface area contributed by atoms with Gasteiger partial charge >= 0.3 is 0 Å². The third kappa shape index (κ3) is 2.89. The first-order chi connectivity index (χ1) is 12.8. The van der Waals surface area contributed by atoms with Gasteiger partial charge in [-0.25, -0.2) is 0 Å². The molecule has 2 N–H and O–H groups in total. The highest BCUT2D eigenvalue weighted by molar-refractivity contribution is 5.92. The van der Waals surface area contributed by atoms with E-state index in [9.17, 15) is 0 Å². The molecule has 0 aliphatic heterocycles. The predicted octanol–water partition coefficient (Wildman–Crippen LogP) is 5.08. The Labute approximate surface area is 152 Å². The maximum atomic E-state index is 6.73. The zero-order chi connectivity index (χ0) is 17.9. The monoisotopic (exact) mass is 343 g/mol. The van der Waals surface area contributed by atoms with Gasteiger partial charge in [-0.05, 0) is 36.2 Å². The van der Waals surface area contributed by atoms with Crippen LogP contribution in [0.3, 0.4) is 0 Å². The lowest BCUT2D eigenvalue weighted by molar-refractivity contribution is 0.459. The minimum absolute atomic E-state index is 0.135. The quantitative estimate of drug-likeness (QED) is 0.548. The van der Waals surface area contributed by atoms with Crippen molar-refractivity contribution in [3.63, 3.8) is 0 Å². The summed E-state index contributed by atoms with van der Waals surface area (Å²) in [5.74, 6) is 0.135. The largest absolute Gasteiger partial charge is 0.356 e. The van der Waals surface area contributed by atoms with Gasteiger partial charge in [0.15, 0.2) is 5.58 Å². The van der Waals surface area contributed by atoms with Crippen LogP contribution in [0, 0.1) is 0 Å². The fourth-order valence-electron chi connectivity index (χ4n) is 3.54. The van der Waals surface area contributed by atoms with E-state index in [-0.39, 0.29) is 12.0 Å². The highest BCUT2D eigenvalue weighted by Crippen LogP contribution is 2.37. The maximum absolute atomic E-state index is 6.73. The van der Waals surface area contributed by atoms with E-state index in [2.05, 4.69) is 29.2 Å². The lowest BCUT2D eigenvalue weighted by Crippen LogP contribution is -2.21. The summed E-state index contributed by atoms with van der Waals surface area (Å²) < 4.78 is 5.51. The molecule has 4 nitrogen and oxygen atoms in total. The van der Waals surface area contributed by atoms with Gasteiger partial charge in [0.1, 0.15) is 5.69 Å². The van der Waals surface area contributed by atoms with Gasteiger partial charge in [-0.15, -0.1) is 0 Å². The Hall–Kier alpha value is -2.98. The van der Waals surface area contributed by atoms with Crippen molar-refractivity contribution in [1.82, 2.24) is 10.1 Å². The zero-order valence-corrected chi connectivity index (χ0v) is 14.7. The van der Waals surface area contributed by atoms with Crippen LogP contribution in [-0.2, 0) is 0 Å². The summed E-state index contributed by atoms with van der Waals surface area (Å²) in [6.45, 7) is 2.15. The summed E-state index contributed by atoms with van der Waals surface area (Å²) in [6, 6.07) is 21.9. The van der Waals surface area contributed by atoms with E-state index < -0.39 is 0 Å². The van der Waals surface area contributed by atoms with Crippen molar-refractivity contribution >= 4 is 11.0 Å². The zero-order valence-electron chi connectivity index (χ0n) is 14.7. The van der Waals surface area contributed by atoms with Gasteiger partial charge < -0.3 is 10.3 Å². The van der Waals surface area contributed by atoms with Crippen molar-refractivity contribution in [1.29, 1.82) is 0 Å². The van der Waals surface area contributed by atoms with Crippen LogP contribution >= 0.6 is 0 Å². The molecule has 2 atom stereocenters. The van der Waals surface area contributed by atoms with Crippen LogP contribution in [0.15, 0.2) is 77.4 Å². The van der Waals surface area contributed by atoms with E-state index in [0.717, 1.165) is 39.9 Å². The lowest BCUT2D eigenvalue weighted by atomic mass is 9.85. The topological polar surface area (TPSA) is 64.9 Å². The SMILES string of the molecule is CC[C@H](c1ccccn1)[C@H](N)c1ccccc1-c1noc2ccccc12. The number of rotatable bonds is 5. The third-order valence-electron chi connectivity index (χ3n) is 4.89. The first kappa shape index (κ1) is 16.5. The molecule has 0 fully saturated rings. The van der Waals surface area contributed by atoms with Crippen molar-refractivity contribution in [3.8, 4) is 11.3 Å². The number of nitrogens with two attached hydrogens (primary N) is 1. The third-order valence-corrected chi connectivity index (χ3v) is 4.89. The summed E-state index contributed by atoms with van der Waals surface area (Å²) in [4.78, 5) is 4.52. The minimum atomic E-state index is -0.179. The van der Waals surface area contributed by atoms with Gasteiger partial charge in [0.25, 0.3) is 0 Å². The molecule has 26 heavy (non-hydrogen) atoms. The molecule has 0 aliphatic rings. The number of nitrogens with zero attached hydrogens (tertiary/aromatic N) is 2. The van der Waals surface area contributed by atoms with E-state index in [0.29, 0.717) is 0 Å². The van der Waals surface area contributed by atoms with Crippen molar-refractivity contribution < 1.29 is 4.52 Å². The highest BCUT2D eigenvalue weighted by Gasteiger charge is 2.24. The molecular weight excluding hydrogens is 322 g/mol. The second-order valence-electron chi connectivity index (χ2n) is 6.41. The Morgan fingerprint density at radius 1 is 0.962 bits per heavy atom. The standard InChI is InChI=1S/C22H21N3O/c1-2-15(19-12-7-8-14-24-19)21(23)16-9-3-4-10-17(16)22-18-11-5-6-13-20(18)26-25-22/h3-15,21H,2,23H2,1H3/t15-,21+/m1/s1. The molecule has 0 bridgehead atoms. The van der Waals surface area contributed by atoms with E-state index >= 15 is 0 Å². The average molecular weight is 343 g/mol. The average Bonchev–Trinajstić information content (AvgIpc) is 3.13. The number of para-hydroxylation sites is 1. The molecule has 2 aromatic carbocycles. The summed E-state index contributed by atoms with van der Waals surface area (Å²) >= 11 is 0. The number of pyridine rings is 1. The first-order valence-electron chi connectivity index (χ1n) is 8.89. The lowest BCUT2D eigenvalue weighted by Gasteiger charge is -2.24. The predicted molar refractivity (Wildman–Crippen MR) is 104 cm³/mol. The second-order valence-corrected chi connectivity index (χ2v) is 6.41. The normalized spacial score (nSPS) is 13.6. The van der Waals surface area contributed by atoms with Gasteiger partial charge in [-0.1, -0.05) is 54.5 Å².